The summed E-state index contributed by atoms with van der Waals surface area (Å²) in [6.07, 6.45) is 2.66. The molecule has 2 heterocycles. The van der Waals surface area contributed by atoms with Crippen molar-refractivity contribution in [3.05, 3.63) is 0 Å². The Hall–Kier alpha value is -0.130. The Bertz CT molecular complexity index is 309. The molecule has 0 aliphatic carbocycles. The quantitative estimate of drug-likeness (QED) is 0.754. The summed E-state index contributed by atoms with van der Waals surface area (Å²) in [5, 5.41) is 0. The van der Waals surface area contributed by atoms with Crippen molar-refractivity contribution < 1.29 is 13.2 Å². The number of hydrogen-bond acceptors (Lipinski definition) is 4. The van der Waals surface area contributed by atoms with Crippen LogP contribution in [0.5, 0.6) is 0 Å². The fraction of sp³-hybridized carbons (Fsp3) is 1.00. The summed E-state index contributed by atoms with van der Waals surface area (Å²) in [6, 6.07) is 0.116. The number of hydrogen-bond donors (Lipinski definition) is 1. The minimum Gasteiger partial charge on any atom is -0.381 e. The molecule has 2 N–H and O–H groups in total. The molecule has 2 saturated heterocycles. The highest BCUT2D eigenvalue weighted by atomic mass is 32.2. The van der Waals surface area contributed by atoms with E-state index in [0.29, 0.717) is 17.4 Å². The maximum atomic E-state index is 11.3. The number of ether oxygens (including phenoxy) is 1. The van der Waals surface area contributed by atoms with Crippen LogP contribution in [0.25, 0.3) is 0 Å². The van der Waals surface area contributed by atoms with E-state index in [0.717, 1.165) is 32.5 Å². The average molecular weight is 233 g/mol. The van der Waals surface area contributed by atoms with Gasteiger partial charge >= 0.3 is 0 Å². The van der Waals surface area contributed by atoms with Gasteiger partial charge in [0.1, 0.15) is 0 Å². The SMILES string of the molecule is NC(CC1CCS(=O)(=O)C1)C1CCOC1. The smallest absolute Gasteiger partial charge is 0.150 e. The van der Waals surface area contributed by atoms with Crippen LogP contribution in [0.2, 0.25) is 0 Å². The largest absolute Gasteiger partial charge is 0.381 e. The lowest BCUT2D eigenvalue weighted by molar-refractivity contribution is 0.178. The molecule has 2 fully saturated rings. The molecule has 0 saturated carbocycles. The molecule has 0 radical (unpaired) electrons. The summed E-state index contributed by atoms with van der Waals surface area (Å²) in [7, 11) is -2.75. The highest BCUT2D eigenvalue weighted by Crippen LogP contribution is 2.26. The fourth-order valence-electron chi connectivity index (χ4n) is 2.53. The lowest BCUT2D eigenvalue weighted by Gasteiger charge is -2.20. The van der Waals surface area contributed by atoms with Gasteiger partial charge < -0.3 is 10.5 Å². The minimum absolute atomic E-state index is 0.116. The molecular weight excluding hydrogens is 214 g/mol. The molecule has 0 spiro atoms. The first-order chi connectivity index (χ1) is 7.07. The van der Waals surface area contributed by atoms with E-state index >= 15 is 0 Å². The molecule has 2 rings (SSSR count). The van der Waals surface area contributed by atoms with E-state index in [-0.39, 0.29) is 12.0 Å². The van der Waals surface area contributed by atoms with Crippen LogP contribution in [-0.2, 0) is 14.6 Å². The highest BCUT2D eigenvalue weighted by molar-refractivity contribution is 7.91. The van der Waals surface area contributed by atoms with Crippen molar-refractivity contribution in [3.63, 3.8) is 0 Å². The molecule has 0 aromatic carbocycles. The lowest BCUT2D eigenvalue weighted by atomic mass is 9.90. The molecule has 0 aromatic heterocycles. The average Bonchev–Trinajstić information content (AvgIpc) is 2.74. The predicted octanol–water partition coefficient (Wildman–Crippen LogP) is 0.175. The molecule has 0 aromatic rings. The summed E-state index contributed by atoms with van der Waals surface area (Å²) in [5.41, 5.74) is 6.07. The minimum atomic E-state index is -2.75. The maximum absolute atomic E-state index is 11.3. The van der Waals surface area contributed by atoms with Gasteiger partial charge in [-0.25, -0.2) is 8.42 Å². The Labute approximate surface area is 91.1 Å². The Kier molecular flexibility index (Phi) is 3.33. The molecule has 0 bridgehead atoms. The van der Waals surface area contributed by atoms with Gasteiger partial charge in [0.2, 0.25) is 0 Å². The van der Waals surface area contributed by atoms with Gasteiger partial charge in [-0.2, -0.15) is 0 Å². The van der Waals surface area contributed by atoms with Gasteiger partial charge in [-0.3, -0.25) is 0 Å². The topological polar surface area (TPSA) is 69.4 Å². The molecule has 3 atom stereocenters. The first-order valence-corrected chi connectivity index (χ1v) is 7.43. The number of nitrogens with two attached hydrogens (primary N) is 1. The molecule has 2 aliphatic rings. The second-order valence-electron chi connectivity index (χ2n) is 4.79. The van der Waals surface area contributed by atoms with Gasteiger partial charge in [-0.05, 0) is 31.1 Å². The van der Waals surface area contributed by atoms with Gasteiger partial charge in [0.05, 0.1) is 18.1 Å². The first-order valence-electron chi connectivity index (χ1n) is 5.60. The Morgan fingerprint density at radius 2 is 2.20 bits per heavy atom. The zero-order valence-corrected chi connectivity index (χ0v) is 9.71. The summed E-state index contributed by atoms with van der Waals surface area (Å²) >= 11 is 0. The maximum Gasteiger partial charge on any atom is 0.150 e. The molecule has 5 heteroatoms. The van der Waals surface area contributed by atoms with E-state index in [2.05, 4.69) is 0 Å². The zero-order chi connectivity index (χ0) is 10.9. The Morgan fingerprint density at radius 1 is 1.40 bits per heavy atom. The van der Waals surface area contributed by atoms with Crippen LogP contribution in [0.3, 0.4) is 0 Å². The predicted molar refractivity (Wildman–Crippen MR) is 58.3 cm³/mol. The van der Waals surface area contributed by atoms with Crippen molar-refractivity contribution >= 4 is 9.84 Å². The first kappa shape index (κ1) is 11.4. The molecule has 0 amide bonds. The van der Waals surface area contributed by atoms with E-state index in [9.17, 15) is 8.42 Å². The van der Waals surface area contributed by atoms with Gasteiger partial charge in [0, 0.05) is 12.6 Å². The van der Waals surface area contributed by atoms with E-state index in [4.69, 9.17) is 10.5 Å². The van der Waals surface area contributed by atoms with Gasteiger partial charge in [-0.15, -0.1) is 0 Å². The standard InChI is InChI=1S/C10H19NO3S/c11-10(9-1-3-14-6-9)5-8-2-4-15(12,13)7-8/h8-10H,1-7,11H2. The third-order valence-electron chi connectivity index (χ3n) is 3.50. The molecule has 15 heavy (non-hydrogen) atoms. The van der Waals surface area contributed by atoms with Crippen LogP contribution in [0.15, 0.2) is 0 Å². The van der Waals surface area contributed by atoms with Crippen molar-refractivity contribution in [1.82, 2.24) is 0 Å². The van der Waals surface area contributed by atoms with Crippen LogP contribution in [-0.4, -0.2) is 39.2 Å². The van der Waals surface area contributed by atoms with Crippen LogP contribution in [0, 0.1) is 11.8 Å². The summed E-state index contributed by atoms with van der Waals surface area (Å²) in [4.78, 5) is 0. The van der Waals surface area contributed by atoms with Gasteiger partial charge in [-0.1, -0.05) is 0 Å². The van der Waals surface area contributed by atoms with Crippen molar-refractivity contribution in [2.24, 2.45) is 17.6 Å². The third-order valence-corrected chi connectivity index (χ3v) is 5.34. The summed E-state index contributed by atoms with van der Waals surface area (Å²) in [5.74, 6) is 1.42. The van der Waals surface area contributed by atoms with Crippen LogP contribution in [0.4, 0.5) is 0 Å². The zero-order valence-electron chi connectivity index (χ0n) is 8.89. The Morgan fingerprint density at radius 3 is 2.73 bits per heavy atom. The summed E-state index contributed by atoms with van der Waals surface area (Å²) in [6.45, 7) is 1.56. The van der Waals surface area contributed by atoms with Crippen molar-refractivity contribution in [2.75, 3.05) is 24.7 Å². The molecule has 3 unspecified atom stereocenters. The van der Waals surface area contributed by atoms with Gasteiger partial charge in [0.15, 0.2) is 9.84 Å². The van der Waals surface area contributed by atoms with Crippen molar-refractivity contribution in [2.45, 2.75) is 25.3 Å². The van der Waals surface area contributed by atoms with Crippen LogP contribution < -0.4 is 5.73 Å². The Balaban J connectivity index is 1.82. The van der Waals surface area contributed by atoms with E-state index in [1.165, 1.54) is 0 Å². The highest BCUT2D eigenvalue weighted by Gasteiger charge is 2.31. The van der Waals surface area contributed by atoms with Gasteiger partial charge in [0.25, 0.3) is 0 Å². The molecule has 2 aliphatic heterocycles. The van der Waals surface area contributed by atoms with Crippen molar-refractivity contribution in [1.29, 1.82) is 0 Å². The number of sulfone groups is 1. The molecule has 88 valence electrons. The third kappa shape index (κ3) is 2.92. The second kappa shape index (κ2) is 4.39. The number of rotatable bonds is 3. The lowest BCUT2D eigenvalue weighted by Crippen LogP contribution is -2.32. The van der Waals surface area contributed by atoms with E-state index in [1.54, 1.807) is 0 Å². The monoisotopic (exact) mass is 233 g/mol. The normalized spacial score (nSPS) is 36.9. The molecular formula is C10H19NO3S. The van der Waals surface area contributed by atoms with E-state index < -0.39 is 9.84 Å². The summed E-state index contributed by atoms with van der Waals surface area (Å²) < 4.78 is 27.8. The van der Waals surface area contributed by atoms with Crippen LogP contribution in [0.1, 0.15) is 19.3 Å². The van der Waals surface area contributed by atoms with Crippen molar-refractivity contribution in [3.8, 4) is 0 Å². The second-order valence-corrected chi connectivity index (χ2v) is 7.02. The molecule has 4 nitrogen and oxygen atoms in total. The fourth-order valence-corrected chi connectivity index (χ4v) is 4.41. The van der Waals surface area contributed by atoms with Crippen LogP contribution >= 0.6 is 0 Å². The van der Waals surface area contributed by atoms with E-state index in [1.807, 2.05) is 0 Å².